The highest BCUT2D eigenvalue weighted by Gasteiger charge is 2.04. The zero-order chi connectivity index (χ0) is 10.1. The number of hydrogen-bond acceptors (Lipinski definition) is 1. The quantitative estimate of drug-likeness (QED) is 0.760. The van der Waals surface area contributed by atoms with Gasteiger partial charge in [-0.25, -0.2) is 4.98 Å². The van der Waals surface area contributed by atoms with Gasteiger partial charge in [-0.2, -0.15) is 0 Å². The minimum atomic E-state index is 0.985. The second kappa shape index (κ2) is 3.58. The average molecular weight is 251 g/mol. The van der Waals surface area contributed by atoms with E-state index in [4.69, 9.17) is 0 Å². The van der Waals surface area contributed by atoms with Gasteiger partial charge in [-0.05, 0) is 41.9 Å². The summed E-state index contributed by atoms with van der Waals surface area (Å²) in [5, 5.41) is 0. The Kier molecular flexibility index (Phi) is 2.42. The van der Waals surface area contributed by atoms with Crippen molar-refractivity contribution < 1.29 is 0 Å². The van der Waals surface area contributed by atoms with Crippen molar-refractivity contribution in [3.63, 3.8) is 0 Å². The van der Waals surface area contributed by atoms with Crippen molar-refractivity contribution in [2.24, 2.45) is 0 Å². The van der Waals surface area contributed by atoms with Crippen LogP contribution in [0.25, 0.3) is 5.69 Å². The Morgan fingerprint density at radius 2 is 1.79 bits per heavy atom. The number of benzene rings is 1. The molecule has 1 aromatic heterocycles. The van der Waals surface area contributed by atoms with Gasteiger partial charge in [-0.1, -0.05) is 17.7 Å². The number of hydrogen-bond donors (Lipinski definition) is 0. The van der Waals surface area contributed by atoms with Crippen LogP contribution < -0.4 is 0 Å². The third-order valence-corrected chi connectivity index (χ3v) is 2.75. The minimum Gasteiger partial charge on any atom is -0.291 e. The third kappa shape index (κ3) is 1.60. The Labute approximate surface area is 91.7 Å². The second-order valence-corrected chi connectivity index (χ2v) is 4.11. The molecular weight excluding hydrogens is 240 g/mol. The Morgan fingerprint density at radius 1 is 1.14 bits per heavy atom. The maximum Gasteiger partial charge on any atom is 0.110 e. The summed E-state index contributed by atoms with van der Waals surface area (Å²) in [4.78, 5) is 4.23. The van der Waals surface area contributed by atoms with Gasteiger partial charge < -0.3 is 0 Å². The molecule has 0 aliphatic carbocycles. The van der Waals surface area contributed by atoms with Crippen LogP contribution in [0.1, 0.15) is 11.4 Å². The number of rotatable bonds is 1. The van der Waals surface area contributed by atoms with Crippen molar-refractivity contribution in [2.75, 3.05) is 0 Å². The Hall–Kier alpha value is -1.09. The van der Waals surface area contributed by atoms with Gasteiger partial charge >= 0.3 is 0 Å². The van der Waals surface area contributed by atoms with Gasteiger partial charge in [0.2, 0.25) is 0 Å². The molecule has 2 rings (SSSR count). The zero-order valence-corrected chi connectivity index (χ0v) is 9.75. The predicted molar refractivity (Wildman–Crippen MR) is 60.7 cm³/mol. The van der Waals surface area contributed by atoms with Crippen LogP contribution in [0.15, 0.2) is 35.1 Å². The minimum absolute atomic E-state index is 0.985. The van der Waals surface area contributed by atoms with E-state index in [1.807, 2.05) is 13.1 Å². The number of aryl methyl sites for hydroxylation is 2. The lowest BCUT2D eigenvalue weighted by atomic mass is 10.2. The summed E-state index contributed by atoms with van der Waals surface area (Å²) in [6, 6.07) is 8.38. The molecule has 0 amide bonds. The first kappa shape index (κ1) is 9.46. The molecule has 1 heterocycles. The van der Waals surface area contributed by atoms with E-state index in [0.717, 1.165) is 16.1 Å². The summed E-state index contributed by atoms with van der Waals surface area (Å²) in [6.07, 6.45) is 1.81. The summed E-state index contributed by atoms with van der Waals surface area (Å²) in [5.41, 5.74) is 2.40. The van der Waals surface area contributed by atoms with Gasteiger partial charge in [-0.3, -0.25) is 4.57 Å². The van der Waals surface area contributed by atoms with Gasteiger partial charge in [0, 0.05) is 5.69 Å². The number of halogens is 1. The maximum atomic E-state index is 4.23. The molecule has 0 unspecified atom stereocenters. The monoisotopic (exact) mass is 250 g/mol. The van der Waals surface area contributed by atoms with Crippen molar-refractivity contribution >= 4 is 15.9 Å². The molecule has 2 nitrogen and oxygen atoms in total. The largest absolute Gasteiger partial charge is 0.291 e. The Balaban J connectivity index is 2.54. The fraction of sp³-hybridized carbons (Fsp3) is 0.182. The van der Waals surface area contributed by atoms with E-state index in [9.17, 15) is 0 Å². The molecule has 72 valence electrons. The van der Waals surface area contributed by atoms with Crippen LogP contribution in [-0.2, 0) is 0 Å². The molecular formula is C11H11BrN2. The SMILES string of the molecule is Cc1ccc(-n2c(Br)cnc2C)cc1. The molecule has 0 saturated heterocycles. The highest BCUT2D eigenvalue weighted by Crippen LogP contribution is 2.19. The molecule has 0 saturated carbocycles. The van der Waals surface area contributed by atoms with Crippen LogP contribution in [0.3, 0.4) is 0 Å². The smallest absolute Gasteiger partial charge is 0.110 e. The first-order valence-corrected chi connectivity index (χ1v) is 5.24. The van der Waals surface area contributed by atoms with Crippen molar-refractivity contribution in [2.45, 2.75) is 13.8 Å². The molecule has 0 aliphatic heterocycles. The molecule has 0 N–H and O–H groups in total. The maximum absolute atomic E-state index is 4.23. The van der Waals surface area contributed by atoms with E-state index >= 15 is 0 Å². The highest BCUT2D eigenvalue weighted by atomic mass is 79.9. The number of nitrogens with zero attached hydrogens (tertiary/aromatic N) is 2. The van der Waals surface area contributed by atoms with E-state index in [1.165, 1.54) is 5.56 Å². The number of imidazole rings is 1. The van der Waals surface area contributed by atoms with Crippen LogP contribution in [0.5, 0.6) is 0 Å². The van der Waals surface area contributed by atoms with Crippen LogP contribution >= 0.6 is 15.9 Å². The molecule has 1 aromatic carbocycles. The van der Waals surface area contributed by atoms with Gasteiger partial charge in [-0.15, -0.1) is 0 Å². The summed E-state index contributed by atoms with van der Waals surface area (Å²) >= 11 is 3.47. The first-order chi connectivity index (χ1) is 6.68. The molecule has 0 aliphatic rings. The Bertz CT molecular complexity index is 423. The summed E-state index contributed by atoms with van der Waals surface area (Å²) in [7, 11) is 0. The molecule has 0 bridgehead atoms. The molecule has 0 spiro atoms. The summed E-state index contributed by atoms with van der Waals surface area (Å²) in [6.45, 7) is 4.07. The third-order valence-electron chi connectivity index (χ3n) is 2.19. The van der Waals surface area contributed by atoms with Crippen molar-refractivity contribution in [1.82, 2.24) is 9.55 Å². The molecule has 0 fully saturated rings. The molecule has 14 heavy (non-hydrogen) atoms. The van der Waals surface area contributed by atoms with Crippen molar-refractivity contribution in [1.29, 1.82) is 0 Å². The molecule has 2 aromatic rings. The van der Waals surface area contributed by atoms with E-state index in [0.29, 0.717) is 0 Å². The van der Waals surface area contributed by atoms with Crippen LogP contribution in [0.2, 0.25) is 0 Å². The normalized spacial score (nSPS) is 10.5. The van der Waals surface area contributed by atoms with Crippen LogP contribution in [-0.4, -0.2) is 9.55 Å². The highest BCUT2D eigenvalue weighted by molar-refractivity contribution is 9.10. The van der Waals surface area contributed by atoms with E-state index in [2.05, 4.69) is 56.7 Å². The van der Waals surface area contributed by atoms with Gasteiger partial charge in [0.25, 0.3) is 0 Å². The molecule has 3 heteroatoms. The first-order valence-electron chi connectivity index (χ1n) is 4.45. The second-order valence-electron chi connectivity index (χ2n) is 3.30. The van der Waals surface area contributed by atoms with Crippen LogP contribution in [0.4, 0.5) is 0 Å². The van der Waals surface area contributed by atoms with Crippen LogP contribution in [0, 0.1) is 13.8 Å². The van der Waals surface area contributed by atoms with E-state index in [1.54, 1.807) is 0 Å². The van der Waals surface area contributed by atoms with Gasteiger partial charge in [0.1, 0.15) is 10.4 Å². The van der Waals surface area contributed by atoms with Crippen molar-refractivity contribution in [3.8, 4) is 5.69 Å². The van der Waals surface area contributed by atoms with E-state index in [-0.39, 0.29) is 0 Å². The average Bonchev–Trinajstić information content (AvgIpc) is 2.49. The Morgan fingerprint density at radius 3 is 2.29 bits per heavy atom. The fourth-order valence-electron chi connectivity index (χ4n) is 1.42. The zero-order valence-electron chi connectivity index (χ0n) is 8.16. The summed E-state index contributed by atoms with van der Waals surface area (Å²) < 4.78 is 3.05. The van der Waals surface area contributed by atoms with Crippen molar-refractivity contribution in [3.05, 3.63) is 46.5 Å². The topological polar surface area (TPSA) is 17.8 Å². The number of aromatic nitrogens is 2. The molecule has 0 radical (unpaired) electrons. The lowest BCUT2D eigenvalue weighted by molar-refractivity contribution is 0.956. The van der Waals surface area contributed by atoms with Gasteiger partial charge in [0.05, 0.1) is 6.20 Å². The fourth-order valence-corrected chi connectivity index (χ4v) is 1.98. The lowest BCUT2D eigenvalue weighted by Gasteiger charge is -2.06. The van der Waals surface area contributed by atoms with Gasteiger partial charge in [0.15, 0.2) is 0 Å². The standard InChI is InChI=1S/C11H11BrN2/c1-8-3-5-10(6-4-8)14-9(2)13-7-11(14)12/h3-7H,1-2H3. The van der Waals surface area contributed by atoms with E-state index < -0.39 is 0 Å². The predicted octanol–water partition coefficient (Wildman–Crippen LogP) is 3.25. The molecule has 0 atom stereocenters. The summed E-state index contributed by atoms with van der Waals surface area (Å²) in [5.74, 6) is 0.987. The lowest BCUT2D eigenvalue weighted by Crippen LogP contribution is -1.96.